The minimum atomic E-state index is -4.75. The number of allylic oxidation sites excluding steroid dienone is 6. The molecule has 0 aromatic heterocycles. The number of phosphoric ester groups is 1. The van der Waals surface area contributed by atoms with Crippen molar-refractivity contribution in [3.63, 3.8) is 0 Å². The molecule has 2 N–H and O–H groups in total. The molecule has 0 rings (SSSR count). The number of carbonyl (C=O) groups excluding carboxylic acids is 2. The first-order valence-corrected chi connectivity index (χ1v) is 20.8. The highest BCUT2D eigenvalue weighted by Gasteiger charge is 2.22. The number of carbonyl (C=O) groups is 2. The molecule has 48 heavy (non-hydrogen) atoms. The second kappa shape index (κ2) is 35.1. The summed E-state index contributed by atoms with van der Waals surface area (Å²) in [6.45, 7) is 3.56. The van der Waals surface area contributed by atoms with Gasteiger partial charge in [-0.25, -0.2) is 4.57 Å². The van der Waals surface area contributed by atoms with Crippen LogP contribution in [0.3, 0.4) is 0 Å². The summed E-state index contributed by atoms with van der Waals surface area (Å²) in [6, 6.07) is 0. The van der Waals surface area contributed by atoms with Crippen LogP contribution in [0.5, 0.6) is 0 Å². The zero-order valence-corrected chi connectivity index (χ0v) is 31.5. The van der Waals surface area contributed by atoms with Crippen LogP contribution in [0.2, 0.25) is 0 Å². The van der Waals surface area contributed by atoms with Gasteiger partial charge in [0.25, 0.3) is 0 Å². The van der Waals surface area contributed by atoms with Gasteiger partial charge in [-0.3, -0.25) is 14.1 Å². The summed E-state index contributed by atoms with van der Waals surface area (Å²) in [4.78, 5) is 42.7. The molecule has 0 saturated heterocycles. The first-order chi connectivity index (χ1) is 23.3. The van der Waals surface area contributed by atoms with E-state index in [4.69, 9.17) is 19.3 Å². The fourth-order valence-electron chi connectivity index (χ4n) is 5.33. The monoisotopic (exact) mass is 698 g/mol. The van der Waals surface area contributed by atoms with E-state index in [1.807, 2.05) is 0 Å². The second-order valence-corrected chi connectivity index (χ2v) is 14.1. The third-order valence-corrected chi connectivity index (χ3v) is 8.66. The second-order valence-electron chi connectivity index (χ2n) is 12.9. The third kappa shape index (κ3) is 37.1. The van der Waals surface area contributed by atoms with Crippen LogP contribution in [-0.4, -0.2) is 41.0 Å². The smallest absolute Gasteiger partial charge is 0.462 e. The largest absolute Gasteiger partial charge is 0.469 e. The van der Waals surface area contributed by atoms with Crippen LogP contribution < -0.4 is 0 Å². The fraction of sp³-hybridized carbons (Fsp3) is 0.795. The van der Waals surface area contributed by atoms with Gasteiger partial charge in [0, 0.05) is 12.8 Å². The maximum Gasteiger partial charge on any atom is 0.469 e. The molecule has 1 unspecified atom stereocenters. The van der Waals surface area contributed by atoms with Gasteiger partial charge in [0.15, 0.2) is 6.10 Å². The zero-order valence-electron chi connectivity index (χ0n) is 30.6. The van der Waals surface area contributed by atoms with Crippen molar-refractivity contribution in [1.29, 1.82) is 0 Å². The van der Waals surface area contributed by atoms with Crippen LogP contribution in [-0.2, 0) is 28.2 Å². The Morgan fingerprint density at radius 1 is 0.562 bits per heavy atom. The molecule has 1 atom stereocenters. The van der Waals surface area contributed by atoms with Gasteiger partial charge in [-0.2, -0.15) is 0 Å². The van der Waals surface area contributed by atoms with Crippen LogP contribution in [0.1, 0.15) is 181 Å². The lowest BCUT2D eigenvalue weighted by atomic mass is 10.0. The van der Waals surface area contributed by atoms with Crippen LogP contribution in [0.4, 0.5) is 0 Å². The predicted octanol–water partition coefficient (Wildman–Crippen LogP) is 11.4. The summed E-state index contributed by atoms with van der Waals surface area (Å²) in [5.41, 5.74) is 0. The van der Waals surface area contributed by atoms with Crippen molar-refractivity contribution >= 4 is 19.8 Å². The van der Waals surface area contributed by atoms with Crippen LogP contribution >= 0.6 is 7.82 Å². The average Bonchev–Trinajstić information content (AvgIpc) is 3.05. The van der Waals surface area contributed by atoms with E-state index in [9.17, 15) is 14.2 Å². The molecule has 0 aromatic rings. The van der Waals surface area contributed by atoms with Gasteiger partial charge in [-0.1, -0.05) is 159 Å². The molecule has 0 bridgehead atoms. The lowest BCUT2D eigenvalue weighted by molar-refractivity contribution is -0.161. The highest BCUT2D eigenvalue weighted by atomic mass is 31.2. The van der Waals surface area contributed by atoms with Crippen LogP contribution in [0, 0.1) is 0 Å². The Kier molecular flexibility index (Phi) is 33.8. The number of hydrogen-bond acceptors (Lipinski definition) is 6. The maximum absolute atomic E-state index is 12.4. The van der Waals surface area contributed by atoms with E-state index in [0.717, 1.165) is 64.2 Å². The highest BCUT2D eigenvalue weighted by molar-refractivity contribution is 7.46. The zero-order chi connectivity index (χ0) is 35.4. The molecule has 8 nitrogen and oxygen atoms in total. The lowest BCUT2D eigenvalue weighted by Gasteiger charge is -2.18. The molecular weight excluding hydrogens is 627 g/mol. The van der Waals surface area contributed by atoms with E-state index < -0.39 is 32.5 Å². The summed E-state index contributed by atoms with van der Waals surface area (Å²) in [6.07, 6.45) is 40.0. The molecule has 0 aromatic carbocycles. The molecule has 0 amide bonds. The standard InChI is InChI=1S/C39H71O8P/c1-3-5-7-9-11-13-15-17-18-19-20-22-24-26-28-30-32-34-39(41)47-37(36-46-48(42,43)44)35-45-38(40)33-31-29-27-25-23-21-16-14-12-10-8-6-4-2/h5,7,11,13,17-18,37H,3-4,6,8-10,12,14-16,19-36H2,1-2H3,(H2,42,43,44)/b7-5-,13-11-,18-17-. The Balaban J connectivity index is 3.96. The number of phosphoric acid groups is 1. The maximum atomic E-state index is 12.4. The molecule has 0 saturated carbocycles. The average molecular weight is 699 g/mol. The first kappa shape index (κ1) is 46.3. The summed E-state index contributed by atoms with van der Waals surface area (Å²) in [7, 11) is -4.75. The number of esters is 2. The van der Waals surface area contributed by atoms with E-state index in [1.165, 1.54) is 83.5 Å². The van der Waals surface area contributed by atoms with Gasteiger partial charge in [0.1, 0.15) is 6.61 Å². The van der Waals surface area contributed by atoms with E-state index in [1.54, 1.807) is 0 Å². The normalized spacial score (nSPS) is 12.8. The van der Waals surface area contributed by atoms with Gasteiger partial charge in [-0.15, -0.1) is 0 Å². The van der Waals surface area contributed by atoms with Crippen molar-refractivity contribution < 1.29 is 37.9 Å². The lowest BCUT2D eigenvalue weighted by Crippen LogP contribution is -2.29. The summed E-state index contributed by atoms with van der Waals surface area (Å²) >= 11 is 0. The van der Waals surface area contributed by atoms with Gasteiger partial charge < -0.3 is 19.3 Å². The molecule has 280 valence electrons. The number of ether oxygens (including phenoxy) is 2. The van der Waals surface area contributed by atoms with Gasteiger partial charge >= 0.3 is 19.8 Å². The summed E-state index contributed by atoms with van der Waals surface area (Å²) in [5, 5.41) is 0. The Hall–Kier alpha value is -1.73. The molecule has 0 spiro atoms. The molecule has 0 aliphatic heterocycles. The van der Waals surface area contributed by atoms with E-state index in [0.29, 0.717) is 6.42 Å². The minimum Gasteiger partial charge on any atom is -0.462 e. The Morgan fingerprint density at radius 3 is 1.50 bits per heavy atom. The number of hydrogen-bond donors (Lipinski definition) is 2. The first-order valence-electron chi connectivity index (χ1n) is 19.3. The van der Waals surface area contributed by atoms with Crippen molar-refractivity contribution in [1.82, 2.24) is 0 Å². The third-order valence-electron chi connectivity index (χ3n) is 8.17. The minimum absolute atomic E-state index is 0.202. The number of unbranched alkanes of at least 4 members (excludes halogenated alkanes) is 19. The van der Waals surface area contributed by atoms with Crippen LogP contribution in [0.25, 0.3) is 0 Å². The Labute approximate surface area is 293 Å². The fourth-order valence-corrected chi connectivity index (χ4v) is 5.69. The van der Waals surface area contributed by atoms with E-state index >= 15 is 0 Å². The highest BCUT2D eigenvalue weighted by Crippen LogP contribution is 2.36. The SMILES string of the molecule is CC/C=C\C/C=C\C/C=C\CCCCCCCCCC(=O)OC(COC(=O)CCCCCCCCCCCCCCC)COP(=O)(O)O. The molecule has 0 fully saturated rings. The molecule has 0 aliphatic carbocycles. The molecule has 0 aliphatic rings. The molecule has 9 heteroatoms. The summed E-state index contributed by atoms with van der Waals surface area (Å²) in [5.74, 6) is -0.893. The summed E-state index contributed by atoms with van der Waals surface area (Å²) < 4.78 is 26.3. The van der Waals surface area contributed by atoms with Gasteiger partial charge in [0.2, 0.25) is 0 Å². The molecule has 0 radical (unpaired) electrons. The topological polar surface area (TPSA) is 119 Å². The Bertz CT molecular complexity index is 879. The van der Waals surface area contributed by atoms with Crippen molar-refractivity contribution in [2.75, 3.05) is 13.2 Å². The van der Waals surface area contributed by atoms with Crippen molar-refractivity contribution in [2.45, 2.75) is 187 Å². The van der Waals surface area contributed by atoms with Crippen molar-refractivity contribution in [3.8, 4) is 0 Å². The van der Waals surface area contributed by atoms with E-state index in [-0.39, 0.29) is 19.4 Å². The van der Waals surface area contributed by atoms with Crippen molar-refractivity contribution in [3.05, 3.63) is 36.5 Å². The van der Waals surface area contributed by atoms with Crippen LogP contribution in [0.15, 0.2) is 36.5 Å². The molecular formula is C39H71O8P. The van der Waals surface area contributed by atoms with Crippen molar-refractivity contribution in [2.24, 2.45) is 0 Å². The quantitative estimate of drug-likeness (QED) is 0.0290. The van der Waals surface area contributed by atoms with Gasteiger partial charge in [0.05, 0.1) is 6.61 Å². The predicted molar refractivity (Wildman–Crippen MR) is 198 cm³/mol. The number of rotatable bonds is 35. The van der Waals surface area contributed by atoms with Gasteiger partial charge in [-0.05, 0) is 44.9 Å². The Morgan fingerprint density at radius 2 is 1.00 bits per heavy atom. The van der Waals surface area contributed by atoms with E-state index in [2.05, 4.69) is 54.8 Å². The molecule has 0 heterocycles.